The van der Waals surface area contributed by atoms with Gasteiger partial charge in [-0.2, -0.15) is 5.26 Å². The number of benzene rings is 2. The van der Waals surface area contributed by atoms with E-state index >= 15 is 0 Å². The first kappa shape index (κ1) is 19.8. The fourth-order valence-corrected chi connectivity index (χ4v) is 5.17. The summed E-state index contributed by atoms with van der Waals surface area (Å²) in [6.07, 6.45) is 5.34. The van der Waals surface area contributed by atoms with Crippen molar-refractivity contribution >= 4 is 5.69 Å². The molecule has 1 atom stereocenters. The van der Waals surface area contributed by atoms with Crippen molar-refractivity contribution in [1.29, 1.82) is 5.26 Å². The van der Waals surface area contributed by atoms with Gasteiger partial charge in [0.15, 0.2) is 5.82 Å². The summed E-state index contributed by atoms with van der Waals surface area (Å²) in [5, 5.41) is 12.5. The topological polar surface area (TPSA) is 61.8 Å². The maximum absolute atomic E-state index is 9.12. The van der Waals surface area contributed by atoms with Crippen LogP contribution in [0.25, 0.3) is 28.3 Å². The Morgan fingerprint density at radius 3 is 2.70 bits per heavy atom. The van der Waals surface area contributed by atoms with Crippen molar-refractivity contribution < 1.29 is 0 Å². The Morgan fingerprint density at radius 2 is 1.94 bits per heavy atom. The molecule has 2 aliphatic rings. The summed E-state index contributed by atoms with van der Waals surface area (Å²) in [5.41, 5.74) is 8.94. The van der Waals surface area contributed by atoms with E-state index in [9.17, 15) is 0 Å². The summed E-state index contributed by atoms with van der Waals surface area (Å²) in [6, 6.07) is 19.6. The van der Waals surface area contributed by atoms with Crippen LogP contribution in [-0.2, 0) is 6.54 Å². The van der Waals surface area contributed by atoms with E-state index in [4.69, 9.17) is 10.2 Å². The highest BCUT2D eigenvalue weighted by molar-refractivity contribution is 5.73. The average Bonchev–Trinajstić information content (AvgIpc) is 3.56. The second kappa shape index (κ2) is 7.65. The van der Waals surface area contributed by atoms with Crippen molar-refractivity contribution in [3.63, 3.8) is 0 Å². The summed E-state index contributed by atoms with van der Waals surface area (Å²) < 4.78 is 4.59. The summed E-state index contributed by atoms with van der Waals surface area (Å²) in [5.74, 6) is 0.968. The molecule has 2 aliphatic heterocycles. The van der Waals surface area contributed by atoms with E-state index in [0.29, 0.717) is 11.6 Å². The second-order valence-corrected chi connectivity index (χ2v) is 9.02. The molecule has 0 spiro atoms. The van der Waals surface area contributed by atoms with Gasteiger partial charge < -0.3 is 14.8 Å². The molecule has 0 saturated carbocycles. The number of likely N-dealkylation sites (N-methyl/N-ethyl adjacent to an activating group) is 1. The lowest BCUT2D eigenvalue weighted by Crippen LogP contribution is -2.29. The van der Waals surface area contributed by atoms with Crippen LogP contribution in [0.3, 0.4) is 0 Å². The number of anilines is 1. The van der Waals surface area contributed by atoms with Crippen LogP contribution in [-0.4, -0.2) is 40.3 Å². The Kier molecular flexibility index (Phi) is 4.60. The Bertz CT molecular complexity index is 1390. The first-order chi connectivity index (χ1) is 16.1. The Labute approximate surface area is 193 Å². The van der Waals surface area contributed by atoms with E-state index < -0.39 is 0 Å². The van der Waals surface area contributed by atoms with Crippen molar-refractivity contribution in [3.05, 3.63) is 77.7 Å². The number of aryl methyl sites for hydroxylation is 1. The second-order valence-electron chi connectivity index (χ2n) is 9.02. The quantitative estimate of drug-likeness (QED) is 0.459. The van der Waals surface area contributed by atoms with Gasteiger partial charge in [0.05, 0.1) is 23.0 Å². The fourth-order valence-electron chi connectivity index (χ4n) is 5.17. The lowest BCUT2D eigenvalue weighted by atomic mass is 10.1. The molecule has 0 bridgehead atoms. The van der Waals surface area contributed by atoms with E-state index in [1.807, 2.05) is 37.5 Å². The molecule has 4 heterocycles. The standard InChI is InChI=1S/C27H26N6/c1-18-14-30-27-26-12-21(20-5-3-19(13-28)4-6-20)15-32(26)16-22-11-24(7-8-25(22)33(18)27)31-10-9-23(17-31)29-2/h3-8,11-12,14-15,23,29H,9-10,16-17H2,1-2H3/t23-/m0/s1. The van der Waals surface area contributed by atoms with Crippen LogP contribution >= 0.6 is 0 Å². The minimum atomic E-state index is 0.553. The minimum absolute atomic E-state index is 0.553. The molecule has 0 unspecified atom stereocenters. The third-order valence-electron chi connectivity index (χ3n) is 7.02. The van der Waals surface area contributed by atoms with Gasteiger partial charge >= 0.3 is 0 Å². The van der Waals surface area contributed by atoms with E-state index in [2.05, 4.69) is 62.8 Å². The summed E-state index contributed by atoms with van der Waals surface area (Å²) in [7, 11) is 2.05. The SMILES string of the molecule is CN[C@H]1CCN(c2ccc3c(c2)Cn2cc(-c4ccc(C#N)cc4)cc2-c2ncc(C)n2-3)C1. The van der Waals surface area contributed by atoms with E-state index in [-0.39, 0.29) is 0 Å². The largest absolute Gasteiger partial charge is 0.370 e. The minimum Gasteiger partial charge on any atom is -0.370 e. The molecular formula is C27H26N6. The number of nitrogens with zero attached hydrogens (tertiary/aromatic N) is 5. The zero-order valence-corrected chi connectivity index (χ0v) is 18.9. The summed E-state index contributed by atoms with van der Waals surface area (Å²) in [4.78, 5) is 7.27. The smallest absolute Gasteiger partial charge is 0.161 e. The van der Waals surface area contributed by atoms with Crippen LogP contribution in [0, 0.1) is 18.3 Å². The first-order valence-corrected chi connectivity index (χ1v) is 11.5. The van der Waals surface area contributed by atoms with Gasteiger partial charge in [0.2, 0.25) is 0 Å². The molecule has 1 fully saturated rings. The molecule has 1 N–H and O–H groups in total. The number of imidazole rings is 1. The van der Waals surface area contributed by atoms with Gasteiger partial charge in [0.1, 0.15) is 0 Å². The molecule has 0 amide bonds. The van der Waals surface area contributed by atoms with Crippen molar-refractivity contribution in [2.75, 3.05) is 25.0 Å². The maximum Gasteiger partial charge on any atom is 0.161 e. The van der Waals surface area contributed by atoms with Crippen LogP contribution in [0.4, 0.5) is 5.69 Å². The van der Waals surface area contributed by atoms with Gasteiger partial charge in [0, 0.05) is 55.0 Å². The highest BCUT2D eigenvalue weighted by Gasteiger charge is 2.25. The molecular weight excluding hydrogens is 408 g/mol. The summed E-state index contributed by atoms with van der Waals surface area (Å²) in [6.45, 7) is 5.03. The maximum atomic E-state index is 9.12. The normalized spacial score (nSPS) is 16.6. The monoisotopic (exact) mass is 434 g/mol. The van der Waals surface area contributed by atoms with Gasteiger partial charge in [0.25, 0.3) is 0 Å². The van der Waals surface area contributed by atoms with Crippen molar-refractivity contribution in [3.8, 4) is 34.4 Å². The number of hydrogen-bond donors (Lipinski definition) is 1. The van der Waals surface area contributed by atoms with Gasteiger partial charge in [-0.15, -0.1) is 0 Å². The predicted octanol–water partition coefficient (Wildman–Crippen LogP) is 4.35. The lowest BCUT2D eigenvalue weighted by Gasteiger charge is -2.21. The number of nitrogens with one attached hydrogen (secondary N) is 1. The van der Waals surface area contributed by atoms with Crippen molar-refractivity contribution in [2.24, 2.45) is 0 Å². The Balaban J connectivity index is 1.45. The van der Waals surface area contributed by atoms with Gasteiger partial charge in [-0.3, -0.25) is 4.57 Å². The number of rotatable bonds is 3. The van der Waals surface area contributed by atoms with E-state index in [1.165, 1.54) is 23.4 Å². The highest BCUT2D eigenvalue weighted by Crippen LogP contribution is 2.36. The van der Waals surface area contributed by atoms with Crippen LogP contribution in [0.15, 0.2) is 60.9 Å². The molecule has 6 heteroatoms. The number of fused-ring (bicyclic) bond motifs is 5. The molecule has 4 aromatic rings. The molecule has 6 nitrogen and oxygen atoms in total. The third-order valence-corrected chi connectivity index (χ3v) is 7.02. The third kappa shape index (κ3) is 3.24. The van der Waals surface area contributed by atoms with E-state index in [1.54, 1.807) is 0 Å². The molecule has 33 heavy (non-hydrogen) atoms. The van der Waals surface area contributed by atoms with Crippen LogP contribution in [0.5, 0.6) is 0 Å². The summed E-state index contributed by atoms with van der Waals surface area (Å²) >= 11 is 0. The molecule has 164 valence electrons. The molecule has 2 aromatic heterocycles. The Hall–Kier alpha value is -3.82. The number of hydrogen-bond acceptors (Lipinski definition) is 4. The molecule has 2 aromatic carbocycles. The zero-order valence-electron chi connectivity index (χ0n) is 18.9. The first-order valence-electron chi connectivity index (χ1n) is 11.5. The van der Waals surface area contributed by atoms with Crippen LogP contribution in [0.1, 0.15) is 23.2 Å². The zero-order chi connectivity index (χ0) is 22.5. The number of nitriles is 1. The van der Waals surface area contributed by atoms with Gasteiger partial charge in [-0.1, -0.05) is 12.1 Å². The lowest BCUT2D eigenvalue weighted by molar-refractivity contribution is 0.617. The van der Waals surface area contributed by atoms with Crippen molar-refractivity contribution in [1.82, 2.24) is 19.4 Å². The number of aromatic nitrogens is 3. The van der Waals surface area contributed by atoms with Crippen molar-refractivity contribution in [2.45, 2.75) is 25.9 Å². The van der Waals surface area contributed by atoms with Gasteiger partial charge in [-0.05, 0) is 67.9 Å². The predicted molar refractivity (Wildman–Crippen MR) is 131 cm³/mol. The van der Waals surface area contributed by atoms with E-state index in [0.717, 1.165) is 48.0 Å². The van der Waals surface area contributed by atoms with Gasteiger partial charge in [-0.25, -0.2) is 4.98 Å². The molecule has 1 saturated heterocycles. The molecule has 0 aliphatic carbocycles. The fraction of sp³-hybridized carbons (Fsp3) is 0.259. The average molecular weight is 435 g/mol. The highest BCUT2D eigenvalue weighted by atomic mass is 15.2. The van der Waals surface area contributed by atoms with Crippen LogP contribution in [0.2, 0.25) is 0 Å². The molecule has 0 radical (unpaired) electrons. The van der Waals surface area contributed by atoms with Crippen LogP contribution < -0.4 is 10.2 Å². The Morgan fingerprint density at radius 1 is 1.09 bits per heavy atom. The molecule has 6 rings (SSSR count).